The van der Waals surface area contributed by atoms with Crippen molar-refractivity contribution in [2.24, 2.45) is 0 Å². The number of carbonyl (C=O) groups is 1. The Balaban J connectivity index is 1.60. The summed E-state index contributed by atoms with van der Waals surface area (Å²) < 4.78 is 6.55. The minimum Gasteiger partial charge on any atom is -0.484 e. The number of carbonyl (C=O) groups excluding carboxylic acids is 1. The number of halogens is 1. The number of thiazole rings is 1. The summed E-state index contributed by atoms with van der Waals surface area (Å²) in [4.78, 5) is 16.6. The highest BCUT2D eigenvalue weighted by atomic mass is 79.9. The quantitative estimate of drug-likeness (QED) is 0.579. The molecule has 0 saturated carbocycles. The summed E-state index contributed by atoms with van der Waals surface area (Å²) in [5.41, 5.74) is 5.43. The lowest BCUT2D eigenvalue weighted by Gasteiger charge is -2.07. The molecule has 1 N–H and O–H groups in total. The van der Waals surface area contributed by atoms with Crippen molar-refractivity contribution in [3.05, 3.63) is 62.9 Å². The molecule has 0 saturated heterocycles. The van der Waals surface area contributed by atoms with Crippen LogP contribution in [0.5, 0.6) is 5.75 Å². The van der Waals surface area contributed by atoms with Crippen molar-refractivity contribution >= 4 is 38.3 Å². The predicted octanol–water partition coefficient (Wildman–Crippen LogP) is 5.52. The Morgan fingerprint density at radius 2 is 1.92 bits per heavy atom. The van der Waals surface area contributed by atoms with E-state index in [9.17, 15) is 4.79 Å². The van der Waals surface area contributed by atoms with Gasteiger partial charge in [0.25, 0.3) is 5.91 Å². The van der Waals surface area contributed by atoms with Gasteiger partial charge in [-0.15, -0.1) is 11.3 Å². The van der Waals surface area contributed by atoms with E-state index in [4.69, 9.17) is 4.74 Å². The van der Waals surface area contributed by atoms with E-state index in [1.165, 1.54) is 22.5 Å². The smallest absolute Gasteiger partial charge is 0.264 e. The molecule has 26 heavy (non-hydrogen) atoms. The molecule has 3 rings (SSSR count). The maximum absolute atomic E-state index is 12.1. The second-order valence-electron chi connectivity index (χ2n) is 6.08. The van der Waals surface area contributed by atoms with Crippen molar-refractivity contribution in [1.82, 2.24) is 4.98 Å². The first-order chi connectivity index (χ1) is 12.4. The Kier molecular flexibility index (Phi) is 5.74. The molecule has 0 aliphatic rings. The normalized spacial score (nSPS) is 10.6. The standard InChI is InChI=1S/C20H19BrN2O2S/c1-12-4-5-15(8-13(12)2)18-11-26-20(22-18)23-19(24)10-25-16-6-7-17(21)14(3)9-16/h4-9,11H,10H2,1-3H3,(H,22,23,24). The van der Waals surface area contributed by atoms with Gasteiger partial charge in [0.05, 0.1) is 5.69 Å². The molecule has 0 aliphatic carbocycles. The molecule has 0 aliphatic heterocycles. The van der Waals surface area contributed by atoms with Crippen molar-refractivity contribution < 1.29 is 9.53 Å². The molecule has 0 fully saturated rings. The largest absolute Gasteiger partial charge is 0.484 e. The fourth-order valence-corrected chi connectivity index (χ4v) is 3.36. The second-order valence-corrected chi connectivity index (χ2v) is 7.80. The summed E-state index contributed by atoms with van der Waals surface area (Å²) in [6.07, 6.45) is 0. The van der Waals surface area contributed by atoms with Gasteiger partial charge in [-0.1, -0.05) is 28.1 Å². The number of hydrogen-bond donors (Lipinski definition) is 1. The zero-order valence-corrected chi connectivity index (χ0v) is 17.2. The van der Waals surface area contributed by atoms with Gasteiger partial charge in [-0.25, -0.2) is 4.98 Å². The van der Waals surface area contributed by atoms with Crippen LogP contribution in [0.4, 0.5) is 5.13 Å². The summed E-state index contributed by atoms with van der Waals surface area (Å²) >= 11 is 4.85. The third-order valence-corrected chi connectivity index (χ3v) is 5.70. The summed E-state index contributed by atoms with van der Waals surface area (Å²) in [5, 5.41) is 5.30. The van der Waals surface area contributed by atoms with Crippen LogP contribution < -0.4 is 10.1 Å². The lowest BCUT2D eigenvalue weighted by molar-refractivity contribution is -0.118. The number of aromatic nitrogens is 1. The first-order valence-corrected chi connectivity index (χ1v) is 9.81. The van der Waals surface area contributed by atoms with Gasteiger partial charge < -0.3 is 4.74 Å². The second kappa shape index (κ2) is 8.01. The zero-order chi connectivity index (χ0) is 18.7. The Morgan fingerprint density at radius 3 is 2.65 bits per heavy atom. The van der Waals surface area contributed by atoms with Gasteiger partial charge in [-0.2, -0.15) is 0 Å². The highest BCUT2D eigenvalue weighted by molar-refractivity contribution is 9.10. The number of anilines is 1. The molecule has 0 atom stereocenters. The van der Waals surface area contributed by atoms with Crippen LogP contribution in [0.1, 0.15) is 16.7 Å². The van der Waals surface area contributed by atoms with Crippen LogP contribution in [0.2, 0.25) is 0 Å². The molecular weight excluding hydrogens is 412 g/mol. The van der Waals surface area contributed by atoms with Crippen molar-refractivity contribution in [2.45, 2.75) is 20.8 Å². The molecule has 2 aromatic carbocycles. The molecule has 0 unspecified atom stereocenters. The Morgan fingerprint density at radius 1 is 1.12 bits per heavy atom. The van der Waals surface area contributed by atoms with E-state index in [1.807, 2.05) is 36.6 Å². The number of amides is 1. The number of rotatable bonds is 5. The third-order valence-electron chi connectivity index (χ3n) is 4.05. The molecule has 0 bridgehead atoms. The number of aryl methyl sites for hydroxylation is 3. The molecule has 3 aromatic rings. The fraction of sp³-hybridized carbons (Fsp3) is 0.200. The van der Waals surface area contributed by atoms with E-state index in [1.54, 1.807) is 0 Å². The Hall–Kier alpha value is -2.18. The summed E-state index contributed by atoms with van der Waals surface area (Å²) in [7, 11) is 0. The van der Waals surface area contributed by atoms with Crippen LogP contribution in [0, 0.1) is 20.8 Å². The molecule has 0 radical (unpaired) electrons. The van der Waals surface area contributed by atoms with E-state index in [-0.39, 0.29) is 12.5 Å². The number of hydrogen-bond acceptors (Lipinski definition) is 4. The van der Waals surface area contributed by atoms with E-state index in [0.717, 1.165) is 21.3 Å². The van der Waals surface area contributed by atoms with E-state index in [0.29, 0.717) is 10.9 Å². The van der Waals surface area contributed by atoms with Crippen LogP contribution in [-0.2, 0) is 4.79 Å². The van der Waals surface area contributed by atoms with Crippen molar-refractivity contribution in [2.75, 3.05) is 11.9 Å². The zero-order valence-electron chi connectivity index (χ0n) is 14.8. The number of nitrogens with one attached hydrogen (secondary N) is 1. The van der Waals surface area contributed by atoms with Gasteiger partial charge in [0.1, 0.15) is 5.75 Å². The van der Waals surface area contributed by atoms with Crippen LogP contribution in [0.15, 0.2) is 46.3 Å². The first-order valence-electron chi connectivity index (χ1n) is 8.14. The van der Waals surface area contributed by atoms with Gasteiger partial charge in [0.2, 0.25) is 0 Å². The highest BCUT2D eigenvalue weighted by Gasteiger charge is 2.10. The molecular formula is C20H19BrN2O2S. The fourth-order valence-electron chi connectivity index (χ4n) is 2.38. The summed E-state index contributed by atoms with van der Waals surface area (Å²) in [5.74, 6) is 0.433. The van der Waals surface area contributed by atoms with E-state index >= 15 is 0 Å². The average Bonchev–Trinajstić information content (AvgIpc) is 3.07. The van der Waals surface area contributed by atoms with Gasteiger partial charge >= 0.3 is 0 Å². The van der Waals surface area contributed by atoms with Crippen molar-refractivity contribution in [3.8, 4) is 17.0 Å². The van der Waals surface area contributed by atoms with Crippen molar-refractivity contribution in [1.29, 1.82) is 0 Å². The molecule has 1 amide bonds. The maximum Gasteiger partial charge on any atom is 0.264 e. The summed E-state index contributed by atoms with van der Waals surface area (Å²) in [6, 6.07) is 11.8. The Bertz CT molecular complexity index is 953. The summed E-state index contributed by atoms with van der Waals surface area (Å²) in [6.45, 7) is 6.08. The third kappa shape index (κ3) is 4.51. The molecule has 6 heteroatoms. The minimum atomic E-state index is -0.230. The molecule has 1 heterocycles. The first kappa shape index (κ1) is 18.6. The number of nitrogens with zero attached hydrogens (tertiary/aromatic N) is 1. The topological polar surface area (TPSA) is 51.2 Å². The van der Waals surface area contributed by atoms with Crippen LogP contribution in [-0.4, -0.2) is 17.5 Å². The van der Waals surface area contributed by atoms with Crippen molar-refractivity contribution in [3.63, 3.8) is 0 Å². The van der Waals surface area contributed by atoms with E-state index in [2.05, 4.69) is 52.2 Å². The van der Waals surface area contributed by atoms with Gasteiger partial charge in [-0.3, -0.25) is 10.1 Å². The highest BCUT2D eigenvalue weighted by Crippen LogP contribution is 2.26. The van der Waals surface area contributed by atoms with Crippen LogP contribution in [0.3, 0.4) is 0 Å². The lowest BCUT2D eigenvalue weighted by atomic mass is 10.1. The molecule has 4 nitrogen and oxygen atoms in total. The SMILES string of the molecule is Cc1ccc(-c2csc(NC(=O)COc3ccc(Br)c(C)c3)n2)cc1C. The van der Waals surface area contributed by atoms with E-state index < -0.39 is 0 Å². The number of benzene rings is 2. The molecule has 1 aromatic heterocycles. The average molecular weight is 431 g/mol. The Labute approximate surface area is 165 Å². The predicted molar refractivity (Wildman–Crippen MR) is 110 cm³/mol. The van der Waals surface area contributed by atoms with Crippen LogP contribution in [0.25, 0.3) is 11.3 Å². The van der Waals surface area contributed by atoms with Crippen LogP contribution >= 0.6 is 27.3 Å². The van der Waals surface area contributed by atoms with Gasteiger partial charge in [0, 0.05) is 15.4 Å². The molecule has 0 spiro atoms. The monoisotopic (exact) mass is 430 g/mol. The molecule has 134 valence electrons. The van der Waals surface area contributed by atoms with Gasteiger partial charge in [0.15, 0.2) is 11.7 Å². The lowest BCUT2D eigenvalue weighted by Crippen LogP contribution is -2.20. The number of ether oxygens (including phenoxy) is 1. The maximum atomic E-state index is 12.1. The van der Waals surface area contributed by atoms with Gasteiger partial charge in [-0.05, 0) is 61.7 Å². The minimum absolute atomic E-state index is 0.0559.